The second-order valence-electron chi connectivity index (χ2n) is 6.15. The third-order valence-corrected chi connectivity index (χ3v) is 4.82. The van der Waals surface area contributed by atoms with Crippen LogP contribution in [0, 0.1) is 0 Å². The predicted molar refractivity (Wildman–Crippen MR) is 102 cm³/mol. The maximum absolute atomic E-state index is 13.2. The number of halogens is 5. The van der Waals surface area contributed by atoms with E-state index in [0.29, 0.717) is 4.47 Å². The molecule has 25 heavy (non-hydrogen) atoms. The van der Waals surface area contributed by atoms with Gasteiger partial charge in [-0.2, -0.15) is 13.2 Å². The van der Waals surface area contributed by atoms with E-state index in [1.54, 1.807) is 0 Å². The molecule has 0 unspecified atom stereocenters. The molecule has 2 nitrogen and oxygen atoms in total. The van der Waals surface area contributed by atoms with Crippen molar-refractivity contribution in [1.82, 2.24) is 10.2 Å². The number of unbranched alkanes of at least 4 members (excludes halogenated alkanes) is 2. The monoisotopic (exact) mass is 440 g/mol. The van der Waals surface area contributed by atoms with Crippen molar-refractivity contribution in [3.63, 3.8) is 0 Å². The summed E-state index contributed by atoms with van der Waals surface area (Å²) in [5.41, 5.74) is 0.162. The van der Waals surface area contributed by atoms with E-state index in [1.165, 1.54) is 6.07 Å². The number of benzene rings is 1. The molecule has 1 N–H and O–H groups in total. The Hall–Kier alpha value is -0.560. The third-order valence-electron chi connectivity index (χ3n) is 4.36. The zero-order valence-electron chi connectivity index (χ0n) is 14.1. The molecule has 0 amide bonds. The van der Waals surface area contributed by atoms with Crippen molar-refractivity contribution < 1.29 is 13.2 Å². The van der Waals surface area contributed by atoms with Crippen molar-refractivity contribution in [3.05, 3.63) is 46.5 Å². The summed E-state index contributed by atoms with van der Waals surface area (Å²) in [4.78, 5) is 2.30. The van der Waals surface area contributed by atoms with Gasteiger partial charge in [0, 0.05) is 36.7 Å². The number of rotatable bonds is 7. The minimum absolute atomic E-state index is 0. The van der Waals surface area contributed by atoms with Gasteiger partial charge in [-0.25, -0.2) is 0 Å². The van der Waals surface area contributed by atoms with Crippen molar-refractivity contribution in [2.75, 3.05) is 26.2 Å². The van der Waals surface area contributed by atoms with Gasteiger partial charge in [-0.3, -0.25) is 4.90 Å². The molecular weight excluding hydrogens is 417 g/mol. The molecule has 1 saturated heterocycles. The number of hydrogen-bond acceptors (Lipinski definition) is 2. The van der Waals surface area contributed by atoms with Gasteiger partial charge in [0.05, 0.1) is 5.56 Å². The number of nitrogens with zero attached hydrogens (tertiary/aromatic N) is 1. The molecule has 142 valence electrons. The van der Waals surface area contributed by atoms with Gasteiger partial charge in [-0.1, -0.05) is 28.4 Å². The minimum Gasteiger partial charge on any atom is -0.314 e. The maximum Gasteiger partial charge on any atom is 0.416 e. The average molecular weight is 442 g/mol. The molecule has 1 aromatic rings. The van der Waals surface area contributed by atoms with E-state index in [0.717, 1.165) is 63.5 Å². The van der Waals surface area contributed by atoms with Gasteiger partial charge in [0.1, 0.15) is 0 Å². The molecule has 0 radical (unpaired) electrons. The Bertz CT molecular complexity index is 546. The van der Waals surface area contributed by atoms with Gasteiger partial charge in [-0.05, 0) is 43.0 Å². The van der Waals surface area contributed by atoms with Crippen LogP contribution in [0.5, 0.6) is 0 Å². The number of piperazine rings is 1. The van der Waals surface area contributed by atoms with Crippen molar-refractivity contribution in [2.45, 2.75) is 37.9 Å². The van der Waals surface area contributed by atoms with Crippen LogP contribution in [-0.2, 0) is 6.18 Å². The number of alkyl halides is 3. The first-order valence-corrected chi connectivity index (χ1v) is 9.14. The molecule has 0 spiro atoms. The second-order valence-corrected chi connectivity index (χ2v) is 7.06. The Kier molecular flexibility index (Phi) is 9.49. The summed E-state index contributed by atoms with van der Waals surface area (Å²) in [6, 6.07) is 4.31. The van der Waals surface area contributed by atoms with E-state index in [9.17, 15) is 13.2 Å². The molecule has 2 rings (SSSR count). The molecule has 1 fully saturated rings. The Labute approximate surface area is 162 Å². The average Bonchev–Trinajstić information content (AvgIpc) is 2.54. The lowest BCUT2D eigenvalue weighted by molar-refractivity contribution is -0.137. The summed E-state index contributed by atoms with van der Waals surface area (Å²) in [5, 5.41) is 3.30. The fourth-order valence-electron chi connectivity index (χ4n) is 3.15. The first-order chi connectivity index (χ1) is 11.4. The van der Waals surface area contributed by atoms with Crippen LogP contribution in [0.4, 0.5) is 13.2 Å². The van der Waals surface area contributed by atoms with Crippen molar-refractivity contribution in [3.8, 4) is 0 Å². The highest BCUT2D eigenvalue weighted by molar-refractivity contribution is 9.10. The van der Waals surface area contributed by atoms with Gasteiger partial charge < -0.3 is 5.32 Å². The van der Waals surface area contributed by atoms with Gasteiger partial charge in [0.2, 0.25) is 0 Å². The lowest BCUT2D eigenvalue weighted by Gasteiger charge is -2.35. The summed E-state index contributed by atoms with van der Waals surface area (Å²) in [5.74, 6) is 0. The lowest BCUT2D eigenvalue weighted by Crippen LogP contribution is -2.45. The normalized spacial score (nSPS) is 17.0. The molecular formula is C18H25BrClF3N2. The molecule has 1 aliphatic rings. The van der Waals surface area contributed by atoms with E-state index in [4.69, 9.17) is 0 Å². The van der Waals surface area contributed by atoms with Crippen LogP contribution in [0.3, 0.4) is 0 Å². The standard InChI is InChI=1S/C18H24BrF3N2.ClH/c1-2-3-4-5-6-17(24-9-7-23-8-10-24)14-11-15(18(20,21)22)13-16(19)12-14;/h2,11-13,17,23H,1,3-10H2;1H/t17-;/m0./s1. The highest BCUT2D eigenvalue weighted by atomic mass is 79.9. The van der Waals surface area contributed by atoms with Crippen LogP contribution < -0.4 is 5.32 Å². The highest BCUT2D eigenvalue weighted by Gasteiger charge is 2.32. The first kappa shape index (κ1) is 22.5. The highest BCUT2D eigenvalue weighted by Crippen LogP contribution is 2.36. The quantitative estimate of drug-likeness (QED) is 0.439. The zero-order valence-corrected chi connectivity index (χ0v) is 16.5. The zero-order chi connectivity index (χ0) is 17.6. The van der Waals surface area contributed by atoms with Gasteiger partial charge in [0.25, 0.3) is 0 Å². The van der Waals surface area contributed by atoms with Gasteiger partial charge >= 0.3 is 6.18 Å². The van der Waals surface area contributed by atoms with Crippen molar-refractivity contribution in [2.24, 2.45) is 0 Å². The number of allylic oxidation sites excluding steroid dienone is 1. The molecule has 0 bridgehead atoms. The van der Waals surface area contributed by atoms with Crippen LogP contribution in [0.15, 0.2) is 35.3 Å². The van der Waals surface area contributed by atoms with Crippen LogP contribution in [0.25, 0.3) is 0 Å². The maximum atomic E-state index is 13.2. The fourth-order valence-corrected chi connectivity index (χ4v) is 3.66. The summed E-state index contributed by atoms with van der Waals surface area (Å²) in [6.07, 6.45) is 1.37. The van der Waals surface area contributed by atoms with Crippen LogP contribution >= 0.6 is 28.3 Å². The van der Waals surface area contributed by atoms with Gasteiger partial charge in [-0.15, -0.1) is 19.0 Å². The topological polar surface area (TPSA) is 15.3 Å². The lowest BCUT2D eigenvalue weighted by atomic mass is 9.96. The van der Waals surface area contributed by atoms with E-state index in [1.807, 2.05) is 12.1 Å². The molecule has 1 aromatic carbocycles. The van der Waals surface area contributed by atoms with Crippen molar-refractivity contribution in [1.29, 1.82) is 0 Å². The van der Waals surface area contributed by atoms with E-state index < -0.39 is 11.7 Å². The van der Waals surface area contributed by atoms with Crippen LogP contribution in [0.2, 0.25) is 0 Å². The van der Waals surface area contributed by atoms with Gasteiger partial charge in [0.15, 0.2) is 0 Å². The van der Waals surface area contributed by atoms with Crippen LogP contribution in [-0.4, -0.2) is 31.1 Å². The molecule has 1 aliphatic heterocycles. The molecule has 0 aliphatic carbocycles. The van der Waals surface area contributed by atoms with E-state index >= 15 is 0 Å². The molecule has 0 aromatic heterocycles. The number of nitrogens with one attached hydrogen (secondary N) is 1. The number of hydrogen-bond donors (Lipinski definition) is 1. The largest absolute Gasteiger partial charge is 0.416 e. The Morgan fingerprint density at radius 1 is 1.20 bits per heavy atom. The molecule has 1 heterocycles. The summed E-state index contributed by atoms with van der Waals surface area (Å²) < 4.78 is 39.9. The summed E-state index contributed by atoms with van der Waals surface area (Å²) >= 11 is 3.25. The van der Waals surface area contributed by atoms with Crippen molar-refractivity contribution >= 4 is 28.3 Å². The minimum atomic E-state index is -4.32. The Morgan fingerprint density at radius 2 is 1.88 bits per heavy atom. The second kappa shape index (κ2) is 10.6. The molecule has 7 heteroatoms. The molecule has 0 saturated carbocycles. The predicted octanol–water partition coefficient (Wildman–Crippen LogP) is 5.58. The summed E-state index contributed by atoms with van der Waals surface area (Å²) in [7, 11) is 0. The Morgan fingerprint density at radius 3 is 2.48 bits per heavy atom. The third kappa shape index (κ3) is 6.93. The molecule has 1 atom stereocenters. The summed E-state index contributed by atoms with van der Waals surface area (Å²) in [6.45, 7) is 7.20. The first-order valence-electron chi connectivity index (χ1n) is 8.35. The Balaban J connectivity index is 0.00000312. The van der Waals surface area contributed by atoms with E-state index in [-0.39, 0.29) is 18.4 Å². The smallest absolute Gasteiger partial charge is 0.314 e. The fraction of sp³-hybridized carbons (Fsp3) is 0.556. The van der Waals surface area contributed by atoms with E-state index in [2.05, 4.69) is 32.7 Å². The SMILES string of the molecule is C=CCCCC[C@@H](c1cc(Br)cc(C(F)(F)F)c1)N1CCNCC1.Cl. The van der Waals surface area contributed by atoms with Crippen LogP contribution in [0.1, 0.15) is 42.9 Å².